The molecule has 6 nitrogen and oxygen atoms in total. The van der Waals surface area contributed by atoms with E-state index in [0.29, 0.717) is 12.1 Å². The van der Waals surface area contributed by atoms with Gasteiger partial charge in [0.1, 0.15) is 6.54 Å². The molecular formula is C14H23N5O. The molecule has 20 heavy (non-hydrogen) atoms. The molecule has 1 heterocycles. The zero-order valence-electron chi connectivity index (χ0n) is 11.8. The van der Waals surface area contributed by atoms with E-state index in [1.165, 1.54) is 32.1 Å². The van der Waals surface area contributed by atoms with Crippen molar-refractivity contribution in [1.82, 2.24) is 25.6 Å². The molecule has 0 spiro atoms. The number of hydrogen-bond donors (Lipinski definition) is 2. The zero-order valence-corrected chi connectivity index (χ0v) is 11.8. The Bertz CT molecular complexity index is 448. The number of carbonyl (C=O) groups excluding carboxylic acids is 1. The fourth-order valence-corrected chi connectivity index (χ4v) is 2.70. The fraction of sp³-hybridized carbons (Fsp3) is 0.786. The van der Waals surface area contributed by atoms with Gasteiger partial charge in [-0.05, 0) is 25.7 Å². The van der Waals surface area contributed by atoms with E-state index in [4.69, 9.17) is 0 Å². The lowest BCUT2D eigenvalue weighted by Crippen LogP contribution is -2.38. The average Bonchev–Trinajstić information content (AvgIpc) is 3.18. The largest absolute Gasteiger partial charge is 0.352 e. The third-order valence-electron chi connectivity index (χ3n) is 4.01. The van der Waals surface area contributed by atoms with Crippen LogP contribution in [-0.4, -0.2) is 33.0 Å². The SMILES string of the molecule is O=C(Cn1cc(CNC2CC2)nn1)NC1CCCCC1. The maximum absolute atomic E-state index is 12.0. The lowest BCUT2D eigenvalue weighted by atomic mass is 9.95. The molecule has 3 rings (SSSR count). The highest BCUT2D eigenvalue weighted by atomic mass is 16.2. The number of carbonyl (C=O) groups is 1. The molecule has 2 saturated carbocycles. The summed E-state index contributed by atoms with van der Waals surface area (Å²) in [7, 11) is 0. The van der Waals surface area contributed by atoms with Crippen molar-refractivity contribution >= 4 is 5.91 Å². The van der Waals surface area contributed by atoms with Gasteiger partial charge in [0.2, 0.25) is 5.91 Å². The van der Waals surface area contributed by atoms with Gasteiger partial charge in [0.05, 0.1) is 11.9 Å². The minimum Gasteiger partial charge on any atom is -0.352 e. The molecule has 1 aromatic rings. The quantitative estimate of drug-likeness (QED) is 0.813. The van der Waals surface area contributed by atoms with Gasteiger partial charge in [-0.3, -0.25) is 4.79 Å². The minimum atomic E-state index is 0.0449. The fourth-order valence-electron chi connectivity index (χ4n) is 2.70. The van der Waals surface area contributed by atoms with Gasteiger partial charge in [-0.25, -0.2) is 4.68 Å². The van der Waals surface area contributed by atoms with Crippen LogP contribution in [0, 0.1) is 0 Å². The lowest BCUT2D eigenvalue weighted by molar-refractivity contribution is -0.122. The van der Waals surface area contributed by atoms with Crippen LogP contribution in [0.3, 0.4) is 0 Å². The molecule has 0 saturated heterocycles. The van der Waals surface area contributed by atoms with E-state index in [-0.39, 0.29) is 12.5 Å². The van der Waals surface area contributed by atoms with Crippen molar-refractivity contribution in [3.8, 4) is 0 Å². The molecule has 2 aliphatic carbocycles. The molecule has 0 aromatic carbocycles. The van der Waals surface area contributed by atoms with Crippen LogP contribution in [0.25, 0.3) is 0 Å². The molecule has 110 valence electrons. The number of amides is 1. The van der Waals surface area contributed by atoms with Crippen molar-refractivity contribution < 1.29 is 4.79 Å². The Kier molecular flexibility index (Phi) is 4.30. The molecule has 0 radical (unpaired) electrons. The maximum Gasteiger partial charge on any atom is 0.242 e. The second kappa shape index (κ2) is 6.35. The Labute approximate surface area is 119 Å². The minimum absolute atomic E-state index is 0.0449. The van der Waals surface area contributed by atoms with Crippen molar-refractivity contribution in [1.29, 1.82) is 0 Å². The number of nitrogens with one attached hydrogen (secondary N) is 2. The molecule has 2 N–H and O–H groups in total. The van der Waals surface area contributed by atoms with E-state index < -0.39 is 0 Å². The number of rotatable bonds is 6. The predicted molar refractivity (Wildman–Crippen MR) is 74.9 cm³/mol. The molecule has 0 aliphatic heterocycles. The van der Waals surface area contributed by atoms with Gasteiger partial charge in [-0.15, -0.1) is 5.10 Å². The maximum atomic E-state index is 12.0. The van der Waals surface area contributed by atoms with Crippen molar-refractivity contribution in [2.45, 2.75) is 70.1 Å². The number of aromatic nitrogens is 3. The summed E-state index contributed by atoms with van der Waals surface area (Å²) < 4.78 is 1.63. The topological polar surface area (TPSA) is 71.8 Å². The molecular weight excluding hydrogens is 254 g/mol. The van der Waals surface area contributed by atoms with Crippen LogP contribution in [0.5, 0.6) is 0 Å². The third kappa shape index (κ3) is 4.03. The van der Waals surface area contributed by atoms with Gasteiger partial charge < -0.3 is 10.6 Å². The Morgan fingerprint density at radius 3 is 2.75 bits per heavy atom. The number of hydrogen-bond acceptors (Lipinski definition) is 4. The van der Waals surface area contributed by atoms with E-state index in [1.54, 1.807) is 4.68 Å². The van der Waals surface area contributed by atoms with Crippen molar-refractivity contribution in [3.63, 3.8) is 0 Å². The van der Waals surface area contributed by atoms with Crippen LogP contribution in [0.1, 0.15) is 50.6 Å². The van der Waals surface area contributed by atoms with E-state index in [2.05, 4.69) is 20.9 Å². The summed E-state index contributed by atoms with van der Waals surface area (Å²) in [6, 6.07) is 1.02. The van der Waals surface area contributed by atoms with E-state index in [1.807, 2.05) is 6.20 Å². The summed E-state index contributed by atoms with van der Waals surface area (Å²) in [5.41, 5.74) is 0.905. The first kappa shape index (κ1) is 13.5. The highest BCUT2D eigenvalue weighted by molar-refractivity contribution is 5.75. The molecule has 1 amide bonds. The molecule has 6 heteroatoms. The van der Waals surface area contributed by atoms with Crippen molar-refractivity contribution in [2.24, 2.45) is 0 Å². The van der Waals surface area contributed by atoms with E-state index in [0.717, 1.165) is 25.1 Å². The molecule has 0 unspecified atom stereocenters. The van der Waals surface area contributed by atoms with Crippen molar-refractivity contribution in [2.75, 3.05) is 0 Å². The van der Waals surface area contributed by atoms with Gasteiger partial charge in [0, 0.05) is 18.6 Å². The van der Waals surface area contributed by atoms with E-state index in [9.17, 15) is 4.79 Å². The highest BCUT2D eigenvalue weighted by Crippen LogP contribution is 2.19. The lowest BCUT2D eigenvalue weighted by Gasteiger charge is -2.22. The van der Waals surface area contributed by atoms with Crippen LogP contribution >= 0.6 is 0 Å². The Morgan fingerprint density at radius 2 is 2.00 bits per heavy atom. The summed E-state index contributed by atoms with van der Waals surface area (Å²) in [6.07, 6.45) is 10.4. The van der Waals surface area contributed by atoms with Crippen LogP contribution in [0.4, 0.5) is 0 Å². The third-order valence-corrected chi connectivity index (χ3v) is 4.01. The molecule has 0 bridgehead atoms. The Morgan fingerprint density at radius 1 is 1.20 bits per heavy atom. The van der Waals surface area contributed by atoms with Gasteiger partial charge in [-0.2, -0.15) is 0 Å². The van der Waals surface area contributed by atoms with Crippen LogP contribution in [-0.2, 0) is 17.9 Å². The number of nitrogens with zero attached hydrogens (tertiary/aromatic N) is 3. The Hall–Kier alpha value is -1.43. The normalized spacial score (nSPS) is 20.0. The van der Waals surface area contributed by atoms with Gasteiger partial charge in [0.15, 0.2) is 0 Å². The first-order valence-corrected chi connectivity index (χ1v) is 7.71. The highest BCUT2D eigenvalue weighted by Gasteiger charge is 2.20. The predicted octanol–water partition coefficient (Wildman–Crippen LogP) is 0.979. The molecule has 2 fully saturated rings. The first-order chi connectivity index (χ1) is 9.79. The summed E-state index contributed by atoms with van der Waals surface area (Å²) in [4.78, 5) is 12.0. The summed E-state index contributed by atoms with van der Waals surface area (Å²) in [5.74, 6) is 0.0449. The average molecular weight is 277 g/mol. The smallest absolute Gasteiger partial charge is 0.242 e. The summed E-state index contributed by atoms with van der Waals surface area (Å²) >= 11 is 0. The summed E-state index contributed by atoms with van der Waals surface area (Å²) in [6.45, 7) is 1.02. The van der Waals surface area contributed by atoms with Crippen LogP contribution in [0.15, 0.2) is 6.20 Å². The monoisotopic (exact) mass is 277 g/mol. The summed E-state index contributed by atoms with van der Waals surface area (Å²) in [5, 5.41) is 14.6. The van der Waals surface area contributed by atoms with Crippen LogP contribution in [0.2, 0.25) is 0 Å². The molecule has 0 atom stereocenters. The zero-order chi connectivity index (χ0) is 13.8. The second-order valence-corrected chi connectivity index (χ2v) is 5.97. The standard InChI is InChI=1S/C14H23N5O/c20-14(16-12-4-2-1-3-5-12)10-19-9-13(17-18-19)8-15-11-6-7-11/h9,11-12,15H,1-8,10H2,(H,16,20). The van der Waals surface area contributed by atoms with Gasteiger partial charge in [-0.1, -0.05) is 24.5 Å². The van der Waals surface area contributed by atoms with Crippen LogP contribution < -0.4 is 10.6 Å². The second-order valence-electron chi connectivity index (χ2n) is 5.97. The van der Waals surface area contributed by atoms with E-state index >= 15 is 0 Å². The van der Waals surface area contributed by atoms with Crippen molar-refractivity contribution in [3.05, 3.63) is 11.9 Å². The molecule has 2 aliphatic rings. The Balaban J connectivity index is 1.42. The molecule has 1 aromatic heterocycles. The van der Waals surface area contributed by atoms with Gasteiger partial charge >= 0.3 is 0 Å². The first-order valence-electron chi connectivity index (χ1n) is 7.71. The van der Waals surface area contributed by atoms with Gasteiger partial charge in [0.25, 0.3) is 0 Å².